The first-order valence-corrected chi connectivity index (χ1v) is 7.83. The molecule has 1 aromatic heterocycles. The van der Waals surface area contributed by atoms with E-state index in [1.165, 1.54) is 11.1 Å². The molecule has 1 amide bonds. The van der Waals surface area contributed by atoms with E-state index in [1.807, 2.05) is 7.05 Å². The van der Waals surface area contributed by atoms with E-state index in [0.717, 1.165) is 29.9 Å². The lowest BCUT2D eigenvalue weighted by Crippen LogP contribution is -2.27. The van der Waals surface area contributed by atoms with Gasteiger partial charge in [-0.2, -0.15) is 0 Å². The zero-order valence-electron chi connectivity index (χ0n) is 13.0. The number of amides is 1. The summed E-state index contributed by atoms with van der Waals surface area (Å²) in [5.74, 6) is 1.85. The predicted octanol–water partition coefficient (Wildman–Crippen LogP) is 2.22. The summed E-state index contributed by atoms with van der Waals surface area (Å²) in [7, 11) is 1.81. The Morgan fingerprint density at radius 2 is 2.17 bits per heavy atom. The van der Waals surface area contributed by atoms with Gasteiger partial charge in [0, 0.05) is 55.5 Å². The van der Waals surface area contributed by atoms with Crippen LogP contribution >= 0.6 is 0 Å². The van der Waals surface area contributed by atoms with Crippen molar-refractivity contribution in [2.75, 3.05) is 20.3 Å². The van der Waals surface area contributed by atoms with Gasteiger partial charge in [0.05, 0.1) is 18.8 Å². The second-order valence-electron chi connectivity index (χ2n) is 5.92. The normalized spacial score (nSPS) is 14.7. The summed E-state index contributed by atoms with van der Waals surface area (Å²) < 4.78 is 11.6. The molecule has 0 spiro atoms. The second-order valence-corrected chi connectivity index (χ2v) is 5.92. The van der Waals surface area contributed by atoms with Gasteiger partial charge >= 0.3 is 0 Å². The number of hydrogen-bond acceptors (Lipinski definition) is 4. The van der Waals surface area contributed by atoms with Gasteiger partial charge in [-0.05, 0) is 18.2 Å². The first-order valence-electron chi connectivity index (χ1n) is 7.83. The molecular formula is C18H18N2O3. The SMILES string of the molecule is CN(Cc1c2c(cc3c1OCC3)OCC2)C(=O)c1cccnc1. The van der Waals surface area contributed by atoms with Gasteiger partial charge in [-0.3, -0.25) is 9.78 Å². The minimum absolute atomic E-state index is 0.0404. The maximum Gasteiger partial charge on any atom is 0.255 e. The highest BCUT2D eigenvalue weighted by Crippen LogP contribution is 2.41. The van der Waals surface area contributed by atoms with Gasteiger partial charge in [0.15, 0.2) is 0 Å². The topological polar surface area (TPSA) is 51.7 Å². The van der Waals surface area contributed by atoms with E-state index in [1.54, 1.807) is 29.4 Å². The lowest BCUT2D eigenvalue weighted by Gasteiger charge is -2.20. The Morgan fingerprint density at radius 3 is 3.00 bits per heavy atom. The van der Waals surface area contributed by atoms with Crippen molar-refractivity contribution in [1.82, 2.24) is 9.88 Å². The van der Waals surface area contributed by atoms with Gasteiger partial charge in [-0.1, -0.05) is 0 Å². The van der Waals surface area contributed by atoms with Crippen molar-refractivity contribution < 1.29 is 14.3 Å². The number of nitrogens with zero attached hydrogens (tertiary/aromatic N) is 2. The number of ether oxygens (including phenoxy) is 2. The Morgan fingerprint density at radius 1 is 1.30 bits per heavy atom. The fourth-order valence-corrected chi connectivity index (χ4v) is 3.27. The highest BCUT2D eigenvalue weighted by Gasteiger charge is 2.27. The predicted molar refractivity (Wildman–Crippen MR) is 84.9 cm³/mol. The zero-order chi connectivity index (χ0) is 15.8. The molecule has 2 aliphatic rings. The van der Waals surface area contributed by atoms with Gasteiger partial charge in [-0.25, -0.2) is 0 Å². The number of fused-ring (bicyclic) bond motifs is 2. The molecule has 0 bridgehead atoms. The van der Waals surface area contributed by atoms with E-state index >= 15 is 0 Å². The molecule has 0 fully saturated rings. The van der Waals surface area contributed by atoms with E-state index in [2.05, 4.69) is 11.1 Å². The van der Waals surface area contributed by atoms with Crippen molar-refractivity contribution in [3.63, 3.8) is 0 Å². The molecule has 1 aromatic carbocycles. The van der Waals surface area contributed by atoms with Gasteiger partial charge in [-0.15, -0.1) is 0 Å². The molecule has 0 unspecified atom stereocenters. The minimum Gasteiger partial charge on any atom is -0.493 e. The number of benzene rings is 1. The van der Waals surface area contributed by atoms with E-state index < -0.39 is 0 Å². The first-order chi connectivity index (χ1) is 11.2. The van der Waals surface area contributed by atoms with Crippen LogP contribution in [0.2, 0.25) is 0 Å². The van der Waals surface area contributed by atoms with Crippen LogP contribution in [-0.2, 0) is 19.4 Å². The lowest BCUT2D eigenvalue weighted by atomic mass is 9.99. The van der Waals surface area contributed by atoms with E-state index in [-0.39, 0.29) is 5.91 Å². The molecule has 23 heavy (non-hydrogen) atoms. The number of rotatable bonds is 3. The summed E-state index contributed by atoms with van der Waals surface area (Å²) >= 11 is 0. The molecule has 0 N–H and O–H groups in total. The van der Waals surface area contributed by atoms with Crippen LogP contribution in [0.5, 0.6) is 11.5 Å². The quantitative estimate of drug-likeness (QED) is 0.872. The van der Waals surface area contributed by atoms with Gasteiger partial charge in [0.2, 0.25) is 0 Å². The largest absolute Gasteiger partial charge is 0.493 e. The molecule has 118 valence electrons. The summed E-state index contributed by atoms with van der Waals surface area (Å²) in [5.41, 5.74) is 4.04. The Kier molecular flexibility index (Phi) is 3.41. The van der Waals surface area contributed by atoms with Crippen LogP contribution in [0.25, 0.3) is 0 Å². The third kappa shape index (κ3) is 2.42. The monoisotopic (exact) mass is 310 g/mol. The van der Waals surface area contributed by atoms with Crippen LogP contribution < -0.4 is 9.47 Å². The van der Waals surface area contributed by atoms with Gasteiger partial charge in [0.1, 0.15) is 11.5 Å². The van der Waals surface area contributed by atoms with Crippen LogP contribution in [-0.4, -0.2) is 36.1 Å². The highest BCUT2D eigenvalue weighted by molar-refractivity contribution is 5.93. The number of carbonyl (C=O) groups excluding carboxylic acids is 1. The van der Waals surface area contributed by atoms with Crippen molar-refractivity contribution in [2.24, 2.45) is 0 Å². The molecule has 3 heterocycles. The molecule has 5 nitrogen and oxygen atoms in total. The van der Waals surface area contributed by atoms with Crippen molar-refractivity contribution in [3.05, 3.63) is 52.8 Å². The van der Waals surface area contributed by atoms with E-state index in [4.69, 9.17) is 9.47 Å². The van der Waals surface area contributed by atoms with Crippen molar-refractivity contribution in [1.29, 1.82) is 0 Å². The lowest BCUT2D eigenvalue weighted by molar-refractivity contribution is 0.0783. The Balaban J connectivity index is 1.66. The average Bonchev–Trinajstić information content (AvgIpc) is 3.23. The molecule has 0 radical (unpaired) electrons. The third-order valence-corrected chi connectivity index (χ3v) is 4.41. The molecule has 0 saturated carbocycles. The summed E-state index contributed by atoms with van der Waals surface area (Å²) in [4.78, 5) is 18.3. The number of hydrogen-bond donors (Lipinski definition) is 0. The molecule has 4 rings (SSSR count). The maximum atomic E-state index is 12.6. The molecule has 2 aromatic rings. The summed E-state index contributed by atoms with van der Waals surface area (Å²) in [6.07, 6.45) is 5.03. The number of pyridine rings is 1. The van der Waals surface area contributed by atoms with Crippen LogP contribution in [0.15, 0.2) is 30.6 Å². The number of carbonyl (C=O) groups is 1. The summed E-state index contributed by atoms with van der Waals surface area (Å²) in [6.45, 7) is 1.92. The summed E-state index contributed by atoms with van der Waals surface area (Å²) in [6, 6.07) is 5.65. The van der Waals surface area contributed by atoms with Crippen molar-refractivity contribution in [2.45, 2.75) is 19.4 Å². The third-order valence-electron chi connectivity index (χ3n) is 4.41. The standard InChI is InChI=1S/C18H18N2O3/c1-20(18(21)13-3-2-6-19-10-13)11-15-14-5-8-22-16(14)9-12-4-7-23-17(12)15/h2-3,6,9-10H,4-5,7-8,11H2,1H3. The molecule has 0 atom stereocenters. The maximum absolute atomic E-state index is 12.6. The first kappa shape index (κ1) is 14.1. The van der Waals surface area contributed by atoms with Crippen LogP contribution in [0.1, 0.15) is 27.0 Å². The van der Waals surface area contributed by atoms with Crippen LogP contribution in [0.4, 0.5) is 0 Å². The van der Waals surface area contributed by atoms with Crippen LogP contribution in [0, 0.1) is 0 Å². The average molecular weight is 310 g/mol. The smallest absolute Gasteiger partial charge is 0.255 e. The fraction of sp³-hybridized carbons (Fsp3) is 0.333. The van der Waals surface area contributed by atoms with Gasteiger partial charge in [0.25, 0.3) is 5.91 Å². The number of aromatic nitrogens is 1. The van der Waals surface area contributed by atoms with Crippen molar-refractivity contribution in [3.8, 4) is 11.5 Å². The Bertz CT molecular complexity index is 726. The Labute approximate surface area is 134 Å². The van der Waals surface area contributed by atoms with Crippen LogP contribution in [0.3, 0.4) is 0 Å². The molecule has 0 aliphatic carbocycles. The van der Waals surface area contributed by atoms with E-state index in [0.29, 0.717) is 25.3 Å². The molecule has 5 heteroatoms. The summed E-state index contributed by atoms with van der Waals surface area (Å²) in [5, 5.41) is 0. The minimum atomic E-state index is -0.0404. The Hall–Kier alpha value is -2.56. The van der Waals surface area contributed by atoms with Crippen molar-refractivity contribution >= 4 is 5.91 Å². The molecular weight excluding hydrogens is 292 g/mol. The van der Waals surface area contributed by atoms with E-state index in [9.17, 15) is 4.79 Å². The van der Waals surface area contributed by atoms with Gasteiger partial charge < -0.3 is 14.4 Å². The molecule has 0 saturated heterocycles. The fourth-order valence-electron chi connectivity index (χ4n) is 3.27. The second kappa shape index (κ2) is 5.57. The highest BCUT2D eigenvalue weighted by atomic mass is 16.5. The zero-order valence-corrected chi connectivity index (χ0v) is 13.0. The molecule has 2 aliphatic heterocycles.